The highest BCUT2D eigenvalue weighted by atomic mass is 16.5. The van der Waals surface area contributed by atoms with Crippen molar-refractivity contribution in [3.8, 4) is 0 Å². The number of aromatic amines is 1. The molecule has 0 aliphatic carbocycles. The summed E-state index contributed by atoms with van der Waals surface area (Å²) in [6, 6.07) is 12.5. The van der Waals surface area contributed by atoms with Crippen molar-refractivity contribution in [3.63, 3.8) is 0 Å². The van der Waals surface area contributed by atoms with Crippen LogP contribution in [-0.2, 0) is 11.3 Å². The van der Waals surface area contributed by atoms with E-state index in [0.29, 0.717) is 11.1 Å². The zero-order valence-corrected chi connectivity index (χ0v) is 14.3. The van der Waals surface area contributed by atoms with Crippen LogP contribution < -0.4 is 0 Å². The maximum absolute atomic E-state index is 12.3. The van der Waals surface area contributed by atoms with E-state index in [-0.39, 0.29) is 18.5 Å². The minimum atomic E-state index is -0.384. The maximum atomic E-state index is 12.3. The number of hydrogen-bond donors (Lipinski definition) is 1. The summed E-state index contributed by atoms with van der Waals surface area (Å²) in [4.78, 5) is 26.4. The molecule has 0 spiro atoms. The van der Waals surface area contributed by atoms with E-state index in [1.807, 2.05) is 17.0 Å². The van der Waals surface area contributed by atoms with Gasteiger partial charge in [-0.2, -0.15) is 5.10 Å². The average molecular weight is 349 g/mol. The SMILES string of the molecule is O=C(OCc1ccc(C(=O)N2CCCC2)cc1)c1ccc2[nH]ncc2c1. The van der Waals surface area contributed by atoms with E-state index >= 15 is 0 Å². The van der Waals surface area contributed by atoms with Gasteiger partial charge >= 0.3 is 5.97 Å². The largest absolute Gasteiger partial charge is 0.457 e. The van der Waals surface area contributed by atoms with Crippen molar-refractivity contribution in [3.05, 3.63) is 65.4 Å². The van der Waals surface area contributed by atoms with Crippen LogP contribution in [0.25, 0.3) is 10.9 Å². The molecule has 2 heterocycles. The summed E-state index contributed by atoms with van der Waals surface area (Å²) in [7, 11) is 0. The lowest BCUT2D eigenvalue weighted by Gasteiger charge is -2.15. The van der Waals surface area contributed by atoms with Gasteiger partial charge in [0.25, 0.3) is 5.91 Å². The first-order valence-corrected chi connectivity index (χ1v) is 8.69. The Morgan fingerprint density at radius 2 is 1.77 bits per heavy atom. The number of rotatable bonds is 4. The van der Waals surface area contributed by atoms with Crippen molar-refractivity contribution in [1.82, 2.24) is 15.1 Å². The van der Waals surface area contributed by atoms with Crippen LogP contribution >= 0.6 is 0 Å². The summed E-state index contributed by atoms with van der Waals surface area (Å²) in [5, 5.41) is 7.65. The molecule has 4 rings (SSSR count). The topological polar surface area (TPSA) is 75.3 Å². The second-order valence-corrected chi connectivity index (χ2v) is 6.44. The molecule has 1 saturated heterocycles. The summed E-state index contributed by atoms with van der Waals surface area (Å²) in [5.41, 5.74) is 2.88. The Kier molecular flexibility index (Phi) is 4.39. The van der Waals surface area contributed by atoms with Crippen molar-refractivity contribution in [2.24, 2.45) is 0 Å². The molecule has 1 aliphatic rings. The lowest BCUT2D eigenvalue weighted by atomic mass is 10.1. The summed E-state index contributed by atoms with van der Waals surface area (Å²) in [6.07, 6.45) is 3.82. The molecule has 0 unspecified atom stereocenters. The van der Waals surface area contributed by atoms with E-state index in [1.165, 1.54) is 0 Å². The molecule has 6 nitrogen and oxygen atoms in total. The molecule has 2 aromatic carbocycles. The number of carbonyl (C=O) groups excluding carboxylic acids is 2. The minimum Gasteiger partial charge on any atom is -0.457 e. The predicted molar refractivity (Wildman–Crippen MR) is 96.8 cm³/mol. The van der Waals surface area contributed by atoms with Crippen LogP contribution in [-0.4, -0.2) is 40.1 Å². The van der Waals surface area contributed by atoms with Gasteiger partial charge in [0, 0.05) is 24.0 Å². The fraction of sp³-hybridized carbons (Fsp3) is 0.250. The number of amides is 1. The van der Waals surface area contributed by atoms with E-state index in [9.17, 15) is 9.59 Å². The molecule has 0 atom stereocenters. The Morgan fingerprint density at radius 1 is 1.04 bits per heavy atom. The fourth-order valence-corrected chi connectivity index (χ4v) is 3.15. The van der Waals surface area contributed by atoms with Crippen LogP contribution in [0.15, 0.2) is 48.7 Å². The van der Waals surface area contributed by atoms with Crippen molar-refractivity contribution < 1.29 is 14.3 Å². The van der Waals surface area contributed by atoms with Crippen LogP contribution in [0.4, 0.5) is 0 Å². The first kappa shape index (κ1) is 16.3. The van der Waals surface area contributed by atoms with Gasteiger partial charge in [0.1, 0.15) is 6.61 Å². The third-order valence-corrected chi connectivity index (χ3v) is 4.64. The third kappa shape index (κ3) is 3.31. The average Bonchev–Trinajstić information content (AvgIpc) is 3.37. The molecule has 3 aromatic rings. The van der Waals surface area contributed by atoms with E-state index in [4.69, 9.17) is 4.74 Å². The Balaban J connectivity index is 1.38. The molecule has 0 radical (unpaired) electrons. The van der Waals surface area contributed by atoms with Crippen LogP contribution in [0.2, 0.25) is 0 Å². The maximum Gasteiger partial charge on any atom is 0.338 e. The second-order valence-electron chi connectivity index (χ2n) is 6.44. The van der Waals surface area contributed by atoms with Gasteiger partial charge in [0.2, 0.25) is 0 Å². The molecule has 1 N–H and O–H groups in total. The number of nitrogens with zero attached hydrogens (tertiary/aromatic N) is 2. The number of aromatic nitrogens is 2. The van der Waals surface area contributed by atoms with Crippen molar-refractivity contribution >= 4 is 22.8 Å². The van der Waals surface area contributed by atoms with Crippen LogP contribution in [0, 0.1) is 0 Å². The van der Waals surface area contributed by atoms with Gasteiger partial charge in [-0.3, -0.25) is 9.89 Å². The normalized spacial score (nSPS) is 13.9. The highest BCUT2D eigenvalue weighted by Gasteiger charge is 2.19. The molecule has 1 aliphatic heterocycles. The van der Waals surface area contributed by atoms with Gasteiger partial charge in [-0.1, -0.05) is 12.1 Å². The van der Waals surface area contributed by atoms with Gasteiger partial charge in [-0.25, -0.2) is 4.79 Å². The number of hydrogen-bond acceptors (Lipinski definition) is 4. The molecule has 1 fully saturated rings. The van der Waals surface area contributed by atoms with Gasteiger partial charge in [-0.15, -0.1) is 0 Å². The second kappa shape index (κ2) is 7.00. The molecule has 26 heavy (non-hydrogen) atoms. The monoisotopic (exact) mass is 349 g/mol. The number of carbonyl (C=O) groups is 2. The standard InChI is InChI=1S/C20H19N3O3/c24-19(23-9-1-2-10-23)15-5-3-14(4-6-15)13-26-20(25)16-7-8-18-17(11-16)12-21-22-18/h3-8,11-12H,1-2,9-10,13H2,(H,21,22). The van der Waals surface area contributed by atoms with Gasteiger partial charge < -0.3 is 9.64 Å². The summed E-state index contributed by atoms with van der Waals surface area (Å²) in [5.74, 6) is -0.315. The molecule has 0 saturated carbocycles. The molecular formula is C20H19N3O3. The smallest absolute Gasteiger partial charge is 0.338 e. The molecule has 6 heteroatoms. The number of nitrogens with one attached hydrogen (secondary N) is 1. The van der Waals surface area contributed by atoms with Crippen molar-refractivity contribution in [1.29, 1.82) is 0 Å². The number of H-pyrrole nitrogens is 1. The Hall–Kier alpha value is -3.15. The molecule has 1 amide bonds. The predicted octanol–water partition coefficient (Wildman–Crippen LogP) is 3.16. The third-order valence-electron chi connectivity index (χ3n) is 4.64. The zero-order valence-electron chi connectivity index (χ0n) is 14.3. The highest BCUT2D eigenvalue weighted by Crippen LogP contribution is 2.16. The summed E-state index contributed by atoms with van der Waals surface area (Å²) in [6.45, 7) is 1.83. The first-order valence-electron chi connectivity index (χ1n) is 8.69. The van der Waals surface area contributed by atoms with Crippen molar-refractivity contribution in [2.75, 3.05) is 13.1 Å². The Morgan fingerprint density at radius 3 is 2.54 bits per heavy atom. The lowest BCUT2D eigenvalue weighted by Crippen LogP contribution is -2.27. The lowest BCUT2D eigenvalue weighted by molar-refractivity contribution is 0.0472. The van der Waals surface area contributed by atoms with Crippen LogP contribution in [0.3, 0.4) is 0 Å². The molecule has 0 bridgehead atoms. The van der Waals surface area contributed by atoms with Gasteiger partial charge in [-0.05, 0) is 48.7 Å². The van der Waals surface area contributed by atoms with E-state index in [1.54, 1.807) is 36.5 Å². The quantitative estimate of drug-likeness (QED) is 0.734. The highest BCUT2D eigenvalue weighted by molar-refractivity contribution is 5.95. The minimum absolute atomic E-state index is 0.0689. The van der Waals surface area contributed by atoms with Gasteiger partial charge in [0.05, 0.1) is 17.3 Å². The van der Waals surface area contributed by atoms with Crippen LogP contribution in [0.1, 0.15) is 39.1 Å². The number of likely N-dealkylation sites (tertiary alicyclic amines) is 1. The van der Waals surface area contributed by atoms with E-state index in [2.05, 4.69) is 10.2 Å². The molecule has 1 aromatic heterocycles. The first-order chi connectivity index (χ1) is 12.7. The Labute approximate surface area is 150 Å². The van der Waals surface area contributed by atoms with Crippen LogP contribution in [0.5, 0.6) is 0 Å². The number of benzene rings is 2. The zero-order chi connectivity index (χ0) is 17.9. The number of fused-ring (bicyclic) bond motifs is 1. The fourth-order valence-electron chi connectivity index (χ4n) is 3.15. The van der Waals surface area contributed by atoms with E-state index < -0.39 is 0 Å². The number of esters is 1. The van der Waals surface area contributed by atoms with E-state index in [0.717, 1.165) is 42.4 Å². The number of ether oxygens (including phenoxy) is 1. The molecular weight excluding hydrogens is 330 g/mol. The summed E-state index contributed by atoms with van der Waals surface area (Å²) >= 11 is 0. The van der Waals surface area contributed by atoms with Gasteiger partial charge in [0.15, 0.2) is 0 Å². The van der Waals surface area contributed by atoms with Crippen molar-refractivity contribution in [2.45, 2.75) is 19.4 Å². The Bertz CT molecular complexity index is 940. The molecule has 132 valence electrons. The summed E-state index contributed by atoms with van der Waals surface area (Å²) < 4.78 is 5.37.